The van der Waals surface area contributed by atoms with Gasteiger partial charge in [-0.25, -0.2) is 0 Å². The molecule has 3 rings (SSSR count). The molecule has 5 heteroatoms. The van der Waals surface area contributed by atoms with Gasteiger partial charge in [-0.15, -0.1) is 11.3 Å². The van der Waals surface area contributed by atoms with E-state index in [2.05, 4.69) is 0 Å². The molecule has 2 N–H and O–H groups in total. The summed E-state index contributed by atoms with van der Waals surface area (Å²) in [6.45, 7) is 0. The first-order valence-corrected chi connectivity index (χ1v) is 7.78. The molecule has 1 aromatic heterocycles. The largest absolute Gasteiger partial charge is 0.504 e. The molecule has 0 saturated carbocycles. The van der Waals surface area contributed by atoms with E-state index in [0.717, 1.165) is 20.9 Å². The molecule has 0 fully saturated rings. The van der Waals surface area contributed by atoms with Crippen molar-refractivity contribution >= 4 is 11.3 Å². The third-order valence-electron chi connectivity index (χ3n) is 3.53. The van der Waals surface area contributed by atoms with Gasteiger partial charge in [-0.3, -0.25) is 0 Å². The molecular formula is C18H16O4S. The third kappa shape index (κ3) is 2.96. The van der Waals surface area contributed by atoms with Crippen LogP contribution in [0, 0.1) is 0 Å². The predicted molar refractivity (Wildman–Crippen MR) is 91.6 cm³/mol. The van der Waals surface area contributed by atoms with Gasteiger partial charge in [0.25, 0.3) is 0 Å². The van der Waals surface area contributed by atoms with Crippen LogP contribution in [0.15, 0.2) is 48.5 Å². The van der Waals surface area contributed by atoms with E-state index < -0.39 is 0 Å². The number of hydrogen-bond donors (Lipinski definition) is 2. The number of hydrogen-bond acceptors (Lipinski definition) is 5. The van der Waals surface area contributed by atoms with E-state index in [9.17, 15) is 10.2 Å². The van der Waals surface area contributed by atoms with Crippen molar-refractivity contribution in [1.82, 2.24) is 0 Å². The summed E-state index contributed by atoms with van der Waals surface area (Å²) in [5.74, 6) is 1.14. The first kappa shape index (κ1) is 15.2. The summed E-state index contributed by atoms with van der Waals surface area (Å²) in [5, 5.41) is 19.4. The fraction of sp³-hybridized carbons (Fsp3) is 0.111. The second-order valence-corrected chi connectivity index (χ2v) is 6.02. The Balaban J connectivity index is 1.97. The summed E-state index contributed by atoms with van der Waals surface area (Å²) >= 11 is 1.61. The van der Waals surface area contributed by atoms with Crippen LogP contribution < -0.4 is 9.47 Å². The van der Waals surface area contributed by atoms with Crippen LogP contribution in [0.4, 0.5) is 0 Å². The minimum absolute atomic E-state index is 0.122. The van der Waals surface area contributed by atoms with Crippen LogP contribution in [0.5, 0.6) is 23.0 Å². The highest BCUT2D eigenvalue weighted by Crippen LogP contribution is 2.39. The average molecular weight is 328 g/mol. The van der Waals surface area contributed by atoms with E-state index in [4.69, 9.17) is 9.47 Å². The molecule has 0 radical (unpaired) electrons. The van der Waals surface area contributed by atoms with Crippen molar-refractivity contribution in [2.45, 2.75) is 0 Å². The van der Waals surface area contributed by atoms with Crippen molar-refractivity contribution in [3.63, 3.8) is 0 Å². The third-order valence-corrected chi connectivity index (χ3v) is 4.72. The van der Waals surface area contributed by atoms with Crippen LogP contribution in [-0.4, -0.2) is 24.4 Å². The maximum absolute atomic E-state index is 9.69. The molecule has 0 spiro atoms. The Morgan fingerprint density at radius 2 is 1.13 bits per heavy atom. The van der Waals surface area contributed by atoms with Crippen LogP contribution in [0.2, 0.25) is 0 Å². The van der Waals surface area contributed by atoms with Crippen LogP contribution in [0.3, 0.4) is 0 Å². The Labute approximate surface area is 138 Å². The number of aromatic hydroxyl groups is 2. The van der Waals surface area contributed by atoms with Crippen molar-refractivity contribution in [2.75, 3.05) is 14.2 Å². The molecule has 3 aromatic rings. The zero-order valence-electron chi connectivity index (χ0n) is 12.7. The molecule has 0 atom stereocenters. The molecule has 0 bridgehead atoms. The molecule has 2 aromatic carbocycles. The van der Waals surface area contributed by atoms with Gasteiger partial charge in [0, 0.05) is 9.75 Å². The number of methoxy groups -OCH3 is 2. The molecule has 0 unspecified atom stereocenters. The SMILES string of the molecule is COc1cc(-c2ccc(-c3ccc(O)c(OC)c3)s2)ccc1O. The van der Waals surface area contributed by atoms with Gasteiger partial charge >= 0.3 is 0 Å². The van der Waals surface area contributed by atoms with Crippen molar-refractivity contribution in [3.05, 3.63) is 48.5 Å². The Morgan fingerprint density at radius 3 is 1.52 bits per heavy atom. The maximum atomic E-state index is 9.69. The van der Waals surface area contributed by atoms with Crippen LogP contribution in [0.1, 0.15) is 0 Å². The maximum Gasteiger partial charge on any atom is 0.161 e. The Hall–Kier alpha value is -2.66. The number of benzene rings is 2. The summed E-state index contributed by atoms with van der Waals surface area (Å²) in [7, 11) is 3.06. The van der Waals surface area contributed by atoms with Gasteiger partial charge in [0.15, 0.2) is 23.0 Å². The molecule has 4 nitrogen and oxygen atoms in total. The van der Waals surface area contributed by atoms with Gasteiger partial charge in [0.1, 0.15) is 0 Å². The van der Waals surface area contributed by atoms with Gasteiger partial charge < -0.3 is 19.7 Å². The summed E-state index contributed by atoms with van der Waals surface area (Å²) in [6, 6.07) is 14.6. The lowest BCUT2D eigenvalue weighted by atomic mass is 10.1. The van der Waals surface area contributed by atoms with Crippen molar-refractivity contribution < 1.29 is 19.7 Å². The number of rotatable bonds is 4. The fourth-order valence-corrected chi connectivity index (χ4v) is 3.31. The van der Waals surface area contributed by atoms with E-state index in [-0.39, 0.29) is 11.5 Å². The average Bonchev–Trinajstić information content (AvgIpc) is 3.05. The minimum atomic E-state index is 0.122. The van der Waals surface area contributed by atoms with E-state index in [1.807, 2.05) is 36.4 Å². The molecule has 0 aliphatic rings. The van der Waals surface area contributed by atoms with Crippen LogP contribution >= 0.6 is 11.3 Å². The Bertz CT molecular complexity index is 771. The summed E-state index contributed by atoms with van der Waals surface area (Å²) < 4.78 is 10.3. The lowest BCUT2D eigenvalue weighted by Gasteiger charge is -2.06. The van der Waals surface area contributed by atoms with Gasteiger partial charge in [0.2, 0.25) is 0 Å². The van der Waals surface area contributed by atoms with Crippen molar-refractivity contribution in [1.29, 1.82) is 0 Å². The first-order valence-electron chi connectivity index (χ1n) is 6.97. The Kier molecular flexibility index (Phi) is 4.12. The minimum Gasteiger partial charge on any atom is -0.504 e. The summed E-state index contributed by atoms with van der Waals surface area (Å²) in [6.07, 6.45) is 0. The van der Waals surface area contributed by atoms with Gasteiger partial charge in [0.05, 0.1) is 14.2 Å². The number of phenols is 2. The number of ether oxygens (including phenoxy) is 2. The normalized spacial score (nSPS) is 10.5. The second kappa shape index (κ2) is 6.22. The molecule has 118 valence electrons. The first-order chi connectivity index (χ1) is 11.1. The van der Waals surface area contributed by atoms with Crippen molar-refractivity contribution in [2.24, 2.45) is 0 Å². The summed E-state index contributed by atoms with van der Waals surface area (Å²) in [5.41, 5.74) is 1.95. The van der Waals surface area contributed by atoms with Crippen LogP contribution in [0.25, 0.3) is 20.9 Å². The van der Waals surface area contributed by atoms with E-state index in [1.165, 1.54) is 14.2 Å². The lowest BCUT2D eigenvalue weighted by molar-refractivity contribution is 0.373. The van der Waals surface area contributed by atoms with Gasteiger partial charge in [-0.1, -0.05) is 0 Å². The molecule has 0 aliphatic heterocycles. The zero-order chi connectivity index (χ0) is 16.4. The monoisotopic (exact) mass is 328 g/mol. The number of thiophene rings is 1. The molecule has 23 heavy (non-hydrogen) atoms. The predicted octanol–water partition coefficient (Wildman–Crippen LogP) is 4.51. The van der Waals surface area contributed by atoms with Gasteiger partial charge in [-0.2, -0.15) is 0 Å². The number of phenolic OH excluding ortho intramolecular Hbond substituents is 2. The van der Waals surface area contributed by atoms with Gasteiger partial charge in [-0.05, 0) is 59.7 Å². The molecular weight excluding hydrogens is 312 g/mol. The summed E-state index contributed by atoms with van der Waals surface area (Å²) in [4.78, 5) is 2.12. The quantitative estimate of drug-likeness (QED) is 0.740. The highest BCUT2D eigenvalue weighted by Gasteiger charge is 2.10. The van der Waals surface area contributed by atoms with Crippen molar-refractivity contribution in [3.8, 4) is 43.9 Å². The fourth-order valence-electron chi connectivity index (χ4n) is 2.31. The van der Waals surface area contributed by atoms with E-state index in [0.29, 0.717) is 11.5 Å². The zero-order valence-corrected chi connectivity index (χ0v) is 13.6. The van der Waals surface area contributed by atoms with Crippen LogP contribution in [-0.2, 0) is 0 Å². The molecule has 0 aliphatic carbocycles. The smallest absolute Gasteiger partial charge is 0.161 e. The Morgan fingerprint density at radius 1 is 0.696 bits per heavy atom. The molecule has 0 saturated heterocycles. The topological polar surface area (TPSA) is 58.9 Å². The second-order valence-electron chi connectivity index (χ2n) is 4.94. The lowest BCUT2D eigenvalue weighted by Crippen LogP contribution is -1.84. The van der Waals surface area contributed by atoms with E-state index in [1.54, 1.807) is 23.5 Å². The highest BCUT2D eigenvalue weighted by molar-refractivity contribution is 7.18. The molecule has 0 amide bonds. The van der Waals surface area contributed by atoms with E-state index >= 15 is 0 Å². The highest BCUT2D eigenvalue weighted by atomic mass is 32.1. The molecule has 1 heterocycles. The standard InChI is InChI=1S/C18H16O4S/c1-21-15-9-11(3-5-13(15)19)17-7-8-18(23-17)12-4-6-14(20)16(10-12)22-2/h3-10,19-20H,1-2H3.